The SMILES string of the molecule is Nc1ccn([C@@H]2OC(COC(=O)c3ccccc3)=C[C@H]2O)c(=O)n1. The van der Waals surface area contributed by atoms with Gasteiger partial charge in [-0.1, -0.05) is 18.2 Å². The van der Waals surface area contributed by atoms with E-state index in [1.165, 1.54) is 18.3 Å². The average molecular weight is 329 g/mol. The number of hydrogen-bond acceptors (Lipinski definition) is 7. The van der Waals surface area contributed by atoms with Gasteiger partial charge in [0.15, 0.2) is 0 Å². The zero-order valence-corrected chi connectivity index (χ0v) is 12.5. The first kappa shape index (κ1) is 15.8. The standard InChI is InChI=1S/C16H15N3O5/c17-13-6-7-19(16(22)18-13)14-12(20)8-11(24-14)9-23-15(21)10-4-2-1-3-5-10/h1-8,12,14,20H,9H2,(H2,17,18,22)/t12-,14-/m1/s1. The zero-order valence-electron chi connectivity index (χ0n) is 12.5. The molecule has 0 fully saturated rings. The molecule has 2 aromatic rings. The van der Waals surface area contributed by atoms with Crippen LogP contribution >= 0.6 is 0 Å². The van der Waals surface area contributed by atoms with Crippen LogP contribution in [0.15, 0.2) is 59.2 Å². The Morgan fingerprint density at radius 1 is 1.33 bits per heavy atom. The van der Waals surface area contributed by atoms with Crippen LogP contribution in [0.1, 0.15) is 16.6 Å². The molecule has 0 radical (unpaired) electrons. The number of benzene rings is 1. The van der Waals surface area contributed by atoms with Crippen molar-refractivity contribution in [2.45, 2.75) is 12.3 Å². The van der Waals surface area contributed by atoms with Gasteiger partial charge in [-0.15, -0.1) is 0 Å². The number of nitrogen functional groups attached to an aromatic ring is 1. The largest absolute Gasteiger partial charge is 0.468 e. The monoisotopic (exact) mass is 329 g/mol. The number of esters is 1. The summed E-state index contributed by atoms with van der Waals surface area (Å²) >= 11 is 0. The average Bonchev–Trinajstić information content (AvgIpc) is 2.94. The Morgan fingerprint density at radius 3 is 2.79 bits per heavy atom. The van der Waals surface area contributed by atoms with Crippen LogP contribution in [0.2, 0.25) is 0 Å². The van der Waals surface area contributed by atoms with Crippen molar-refractivity contribution in [3.05, 3.63) is 70.5 Å². The fourth-order valence-electron chi connectivity index (χ4n) is 2.25. The van der Waals surface area contributed by atoms with E-state index in [4.69, 9.17) is 15.2 Å². The van der Waals surface area contributed by atoms with E-state index in [9.17, 15) is 14.7 Å². The summed E-state index contributed by atoms with van der Waals surface area (Å²) in [5.74, 6) is -0.182. The fourth-order valence-corrected chi connectivity index (χ4v) is 2.25. The van der Waals surface area contributed by atoms with Crippen LogP contribution in [-0.4, -0.2) is 33.3 Å². The van der Waals surface area contributed by atoms with Crippen LogP contribution < -0.4 is 11.4 Å². The lowest BCUT2D eigenvalue weighted by Crippen LogP contribution is -2.32. The van der Waals surface area contributed by atoms with E-state index >= 15 is 0 Å². The highest BCUT2D eigenvalue weighted by Crippen LogP contribution is 2.25. The van der Waals surface area contributed by atoms with E-state index in [0.717, 1.165) is 4.57 Å². The number of nitrogens with zero attached hydrogens (tertiary/aromatic N) is 2. The van der Waals surface area contributed by atoms with Crippen molar-refractivity contribution in [3.63, 3.8) is 0 Å². The molecule has 3 N–H and O–H groups in total. The number of ether oxygens (including phenoxy) is 2. The summed E-state index contributed by atoms with van der Waals surface area (Å²) in [6.45, 7) is -0.154. The van der Waals surface area contributed by atoms with Crippen LogP contribution in [0, 0.1) is 0 Å². The minimum Gasteiger partial charge on any atom is -0.468 e. The number of aliphatic hydroxyl groups excluding tert-OH is 1. The molecule has 3 rings (SSSR count). The fraction of sp³-hybridized carbons (Fsp3) is 0.188. The second-order valence-electron chi connectivity index (χ2n) is 5.12. The summed E-state index contributed by atoms with van der Waals surface area (Å²) in [6.07, 6.45) is 0.714. The Labute approximate surface area is 136 Å². The highest BCUT2D eigenvalue weighted by atomic mass is 16.6. The van der Waals surface area contributed by atoms with Crippen molar-refractivity contribution in [1.82, 2.24) is 9.55 Å². The zero-order chi connectivity index (χ0) is 17.1. The second kappa shape index (κ2) is 6.55. The topological polar surface area (TPSA) is 117 Å². The molecule has 0 amide bonds. The molecule has 1 aliphatic rings. The number of aliphatic hydroxyl groups is 1. The van der Waals surface area contributed by atoms with Gasteiger partial charge in [0.05, 0.1) is 5.56 Å². The summed E-state index contributed by atoms with van der Waals surface area (Å²) in [5.41, 5.74) is 5.19. The van der Waals surface area contributed by atoms with Gasteiger partial charge >= 0.3 is 11.7 Å². The van der Waals surface area contributed by atoms with E-state index < -0.39 is 24.0 Å². The summed E-state index contributed by atoms with van der Waals surface area (Å²) in [4.78, 5) is 27.3. The Morgan fingerprint density at radius 2 is 2.08 bits per heavy atom. The predicted molar refractivity (Wildman–Crippen MR) is 83.8 cm³/mol. The van der Waals surface area contributed by atoms with Gasteiger partial charge in [0.25, 0.3) is 0 Å². The molecule has 124 valence electrons. The molecule has 1 aromatic heterocycles. The van der Waals surface area contributed by atoms with Crippen molar-refractivity contribution in [3.8, 4) is 0 Å². The summed E-state index contributed by atoms with van der Waals surface area (Å²) < 4.78 is 11.7. The quantitative estimate of drug-likeness (QED) is 0.782. The van der Waals surface area contributed by atoms with Crippen LogP contribution in [0.4, 0.5) is 5.82 Å². The molecule has 1 aromatic carbocycles. The minimum absolute atomic E-state index is 0.0775. The summed E-state index contributed by atoms with van der Waals surface area (Å²) in [7, 11) is 0. The molecular weight excluding hydrogens is 314 g/mol. The molecule has 8 nitrogen and oxygen atoms in total. The second-order valence-corrected chi connectivity index (χ2v) is 5.12. The lowest BCUT2D eigenvalue weighted by Gasteiger charge is -2.18. The minimum atomic E-state index is -1.07. The van der Waals surface area contributed by atoms with E-state index in [1.807, 2.05) is 0 Å². The van der Waals surface area contributed by atoms with Gasteiger partial charge in [-0.25, -0.2) is 9.59 Å². The van der Waals surface area contributed by atoms with E-state index in [0.29, 0.717) is 5.56 Å². The first-order chi connectivity index (χ1) is 11.5. The summed E-state index contributed by atoms with van der Waals surface area (Å²) in [5, 5.41) is 10.0. The third-order valence-electron chi connectivity index (χ3n) is 3.40. The normalized spacial score (nSPS) is 19.5. The molecule has 24 heavy (non-hydrogen) atoms. The first-order valence-corrected chi connectivity index (χ1v) is 7.17. The molecule has 0 unspecified atom stereocenters. The molecule has 0 bridgehead atoms. The van der Waals surface area contributed by atoms with Crippen LogP contribution in [-0.2, 0) is 9.47 Å². The Balaban J connectivity index is 1.64. The predicted octanol–water partition coefficient (Wildman–Crippen LogP) is 0.456. The number of carbonyl (C=O) groups excluding carboxylic acids is 1. The van der Waals surface area contributed by atoms with Gasteiger partial charge in [0.1, 0.15) is 24.3 Å². The van der Waals surface area contributed by atoms with E-state index in [-0.39, 0.29) is 18.2 Å². The number of aromatic nitrogens is 2. The number of carbonyl (C=O) groups is 1. The molecule has 1 aliphatic heterocycles. The first-order valence-electron chi connectivity index (χ1n) is 7.17. The molecule has 0 spiro atoms. The maximum absolute atomic E-state index is 11.9. The lowest BCUT2D eigenvalue weighted by molar-refractivity contribution is -0.0141. The van der Waals surface area contributed by atoms with Crippen molar-refractivity contribution in [2.24, 2.45) is 0 Å². The van der Waals surface area contributed by atoms with Crippen molar-refractivity contribution < 1.29 is 19.4 Å². The highest BCUT2D eigenvalue weighted by Gasteiger charge is 2.30. The van der Waals surface area contributed by atoms with Crippen LogP contribution in [0.3, 0.4) is 0 Å². The number of anilines is 1. The van der Waals surface area contributed by atoms with Gasteiger partial charge in [-0.05, 0) is 24.3 Å². The third kappa shape index (κ3) is 3.28. The van der Waals surface area contributed by atoms with Gasteiger partial charge in [-0.2, -0.15) is 4.98 Å². The van der Waals surface area contributed by atoms with Crippen molar-refractivity contribution in [1.29, 1.82) is 0 Å². The number of hydrogen-bond donors (Lipinski definition) is 2. The number of rotatable bonds is 4. The Kier molecular flexibility index (Phi) is 4.30. The number of nitrogens with two attached hydrogens (primary N) is 1. The van der Waals surface area contributed by atoms with Gasteiger partial charge in [0.2, 0.25) is 6.23 Å². The molecular formula is C16H15N3O5. The molecule has 8 heteroatoms. The van der Waals surface area contributed by atoms with E-state index in [2.05, 4.69) is 4.98 Å². The van der Waals surface area contributed by atoms with Gasteiger partial charge in [-0.3, -0.25) is 4.57 Å². The maximum Gasteiger partial charge on any atom is 0.352 e. The Bertz CT molecular complexity index is 831. The molecule has 0 saturated heterocycles. The van der Waals surface area contributed by atoms with Crippen molar-refractivity contribution >= 4 is 11.8 Å². The van der Waals surface area contributed by atoms with Crippen molar-refractivity contribution in [2.75, 3.05) is 12.3 Å². The molecule has 2 heterocycles. The van der Waals surface area contributed by atoms with Crippen LogP contribution in [0.5, 0.6) is 0 Å². The third-order valence-corrected chi connectivity index (χ3v) is 3.40. The lowest BCUT2D eigenvalue weighted by atomic mass is 10.2. The summed E-state index contributed by atoms with van der Waals surface area (Å²) in [6, 6.07) is 9.92. The highest BCUT2D eigenvalue weighted by molar-refractivity contribution is 5.89. The van der Waals surface area contributed by atoms with Crippen LogP contribution in [0.25, 0.3) is 0 Å². The van der Waals surface area contributed by atoms with Gasteiger partial charge < -0.3 is 20.3 Å². The Hall–Kier alpha value is -3.13. The smallest absolute Gasteiger partial charge is 0.352 e. The molecule has 0 aliphatic carbocycles. The maximum atomic E-state index is 11.9. The van der Waals surface area contributed by atoms with E-state index in [1.54, 1.807) is 30.3 Å². The van der Waals surface area contributed by atoms with Gasteiger partial charge in [0, 0.05) is 6.20 Å². The molecule has 0 saturated carbocycles. The molecule has 2 atom stereocenters.